The summed E-state index contributed by atoms with van der Waals surface area (Å²) < 4.78 is 28.5. The molecule has 4 aromatic rings. The van der Waals surface area contributed by atoms with Crippen molar-refractivity contribution in [1.82, 2.24) is 9.88 Å². The van der Waals surface area contributed by atoms with Crippen LogP contribution in [0.5, 0.6) is 0 Å². The number of halogens is 1. The highest BCUT2D eigenvalue weighted by molar-refractivity contribution is 5.96. The van der Waals surface area contributed by atoms with E-state index in [0.29, 0.717) is 61.3 Å². The SMILES string of the molecule is O=C(Cc1ccc2nc(-c3cccc4ccccc34)oc2c1)C(F)(O[C@H]1CC[C@H](C(=O)O)CC1)N1CCCC1. The van der Waals surface area contributed by atoms with E-state index in [-0.39, 0.29) is 6.42 Å². The standard InChI is InChI=1S/C31H31FN2O5/c32-31(34-16-3-4-17-34,39-23-13-11-22(12-14-23)30(36)37)28(35)19-20-10-15-26-27(18-20)38-29(33-26)25-9-5-7-21-6-1-2-8-24(21)25/h1-2,5-10,15,18,22-23H,3-4,11-14,16-17,19H2,(H,36,37)/t22-,23-,31?. The van der Waals surface area contributed by atoms with Crippen LogP contribution in [0, 0.1) is 5.92 Å². The second-order valence-electron chi connectivity index (χ2n) is 10.6. The molecule has 39 heavy (non-hydrogen) atoms. The first-order chi connectivity index (χ1) is 18.9. The van der Waals surface area contributed by atoms with Crippen molar-refractivity contribution in [3.8, 4) is 11.5 Å². The number of aromatic nitrogens is 1. The molecule has 8 heteroatoms. The van der Waals surface area contributed by atoms with Crippen molar-refractivity contribution in [2.24, 2.45) is 5.92 Å². The molecule has 2 heterocycles. The Morgan fingerprint density at radius 3 is 2.54 bits per heavy atom. The number of rotatable bonds is 8. The van der Waals surface area contributed by atoms with E-state index in [1.54, 1.807) is 18.2 Å². The van der Waals surface area contributed by atoms with Gasteiger partial charge in [0.2, 0.25) is 11.7 Å². The number of fused-ring (bicyclic) bond motifs is 2. The van der Waals surface area contributed by atoms with Crippen molar-refractivity contribution in [3.05, 3.63) is 66.2 Å². The lowest BCUT2D eigenvalue weighted by Crippen LogP contribution is -2.54. The van der Waals surface area contributed by atoms with Crippen molar-refractivity contribution >= 4 is 33.6 Å². The summed E-state index contributed by atoms with van der Waals surface area (Å²) in [5.41, 5.74) is 2.69. The van der Waals surface area contributed by atoms with Gasteiger partial charge in [-0.15, -0.1) is 0 Å². The zero-order valence-electron chi connectivity index (χ0n) is 21.6. The van der Waals surface area contributed by atoms with E-state index in [1.165, 1.54) is 4.90 Å². The molecule has 1 aromatic heterocycles. The molecule has 2 aliphatic rings. The van der Waals surface area contributed by atoms with Gasteiger partial charge in [-0.05, 0) is 73.1 Å². The van der Waals surface area contributed by atoms with Crippen LogP contribution in [0.15, 0.2) is 65.1 Å². The predicted octanol–water partition coefficient (Wildman–Crippen LogP) is 6.14. The van der Waals surface area contributed by atoms with Crippen molar-refractivity contribution in [2.75, 3.05) is 13.1 Å². The molecule has 1 N–H and O–H groups in total. The maximum Gasteiger partial charge on any atom is 0.330 e. The number of nitrogens with zero attached hydrogens (tertiary/aromatic N) is 2. The number of alkyl halides is 1. The van der Waals surface area contributed by atoms with Crippen molar-refractivity contribution in [2.45, 2.75) is 57.0 Å². The number of carbonyl (C=O) groups is 2. The molecule has 0 amide bonds. The van der Waals surface area contributed by atoms with E-state index < -0.39 is 29.8 Å². The molecule has 0 radical (unpaired) electrons. The van der Waals surface area contributed by atoms with Crippen LogP contribution in [0.3, 0.4) is 0 Å². The van der Waals surface area contributed by atoms with E-state index in [9.17, 15) is 14.7 Å². The van der Waals surface area contributed by atoms with Crippen LogP contribution in [0.25, 0.3) is 33.3 Å². The minimum absolute atomic E-state index is 0.155. The lowest BCUT2D eigenvalue weighted by molar-refractivity contribution is -0.252. The van der Waals surface area contributed by atoms with Gasteiger partial charge in [-0.25, -0.2) is 9.88 Å². The molecule has 6 rings (SSSR count). The van der Waals surface area contributed by atoms with Gasteiger partial charge in [-0.3, -0.25) is 9.59 Å². The Kier molecular flexibility index (Phi) is 6.91. The number of carboxylic acids is 1. The molecule has 1 atom stereocenters. The second-order valence-corrected chi connectivity index (χ2v) is 10.6. The van der Waals surface area contributed by atoms with Crippen LogP contribution in [0.4, 0.5) is 4.39 Å². The third-order valence-electron chi connectivity index (χ3n) is 8.04. The van der Waals surface area contributed by atoms with Gasteiger partial charge >= 0.3 is 11.9 Å². The maximum absolute atomic E-state index is 16.5. The molecule has 7 nitrogen and oxygen atoms in total. The zero-order valence-corrected chi connectivity index (χ0v) is 21.6. The quantitative estimate of drug-likeness (QED) is 0.274. The summed E-state index contributed by atoms with van der Waals surface area (Å²) >= 11 is 0. The van der Waals surface area contributed by atoms with Crippen molar-refractivity contribution in [3.63, 3.8) is 0 Å². The maximum atomic E-state index is 16.5. The Hall–Kier alpha value is -3.62. The van der Waals surface area contributed by atoms with Crippen LogP contribution in [0.2, 0.25) is 0 Å². The lowest BCUT2D eigenvalue weighted by Gasteiger charge is -2.37. The number of Topliss-reactive ketones (excluding diaryl/α,β-unsaturated/α-hetero) is 1. The van der Waals surface area contributed by atoms with Gasteiger partial charge in [0.25, 0.3) is 0 Å². The first kappa shape index (κ1) is 25.6. The summed E-state index contributed by atoms with van der Waals surface area (Å²) in [6, 6.07) is 19.3. The molecule has 2 fully saturated rings. The number of likely N-dealkylation sites (tertiary alicyclic amines) is 1. The third-order valence-corrected chi connectivity index (χ3v) is 8.04. The highest BCUT2D eigenvalue weighted by Gasteiger charge is 2.48. The number of carboxylic acid groups (broad SMARTS) is 1. The molecule has 1 unspecified atom stereocenters. The Balaban J connectivity index is 1.23. The molecular formula is C31H31FN2O5. The van der Waals surface area contributed by atoms with Crippen LogP contribution in [-0.4, -0.2) is 51.9 Å². The zero-order chi connectivity index (χ0) is 27.0. The van der Waals surface area contributed by atoms with E-state index >= 15 is 4.39 Å². The fraction of sp³-hybridized carbons (Fsp3) is 0.387. The van der Waals surface area contributed by atoms with Gasteiger partial charge in [-0.2, -0.15) is 4.39 Å². The fourth-order valence-electron chi connectivity index (χ4n) is 5.87. The van der Waals surface area contributed by atoms with Crippen molar-refractivity contribution in [1.29, 1.82) is 0 Å². The first-order valence-electron chi connectivity index (χ1n) is 13.7. The smallest absolute Gasteiger partial charge is 0.330 e. The van der Waals surface area contributed by atoms with Gasteiger partial charge in [0, 0.05) is 25.1 Å². The summed E-state index contributed by atoms with van der Waals surface area (Å²) in [7, 11) is 0. The minimum Gasteiger partial charge on any atom is -0.481 e. The number of ether oxygens (including phenoxy) is 1. The monoisotopic (exact) mass is 530 g/mol. The van der Waals surface area contributed by atoms with Crippen LogP contribution >= 0.6 is 0 Å². The van der Waals surface area contributed by atoms with E-state index in [4.69, 9.17) is 9.15 Å². The Bertz CT molecular complexity index is 1510. The molecule has 202 valence electrons. The lowest BCUT2D eigenvalue weighted by atomic mass is 9.87. The first-order valence-corrected chi connectivity index (χ1v) is 13.7. The average molecular weight is 531 g/mol. The Morgan fingerprint density at radius 2 is 1.77 bits per heavy atom. The molecular weight excluding hydrogens is 499 g/mol. The van der Waals surface area contributed by atoms with Crippen molar-refractivity contribution < 1.29 is 28.2 Å². The highest BCUT2D eigenvalue weighted by atomic mass is 19.2. The van der Waals surface area contributed by atoms with Crippen LogP contribution in [0.1, 0.15) is 44.1 Å². The topological polar surface area (TPSA) is 92.9 Å². The number of oxazole rings is 1. The molecule has 3 aromatic carbocycles. The summed E-state index contributed by atoms with van der Waals surface area (Å²) in [6.07, 6.45) is 2.64. The van der Waals surface area contributed by atoms with Crippen LogP contribution in [-0.2, 0) is 20.7 Å². The number of ketones is 1. The number of hydrogen-bond acceptors (Lipinski definition) is 6. The number of carbonyl (C=O) groups excluding carboxylic acids is 1. The predicted molar refractivity (Wildman–Crippen MR) is 145 cm³/mol. The number of aliphatic carboxylic acids is 1. The van der Waals surface area contributed by atoms with Crippen LogP contribution < -0.4 is 0 Å². The molecule has 1 saturated carbocycles. The number of benzene rings is 3. The molecule has 1 aliphatic carbocycles. The summed E-state index contributed by atoms with van der Waals surface area (Å²) in [5, 5.41) is 11.4. The molecule has 1 aliphatic heterocycles. The summed E-state index contributed by atoms with van der Waals surface area (Å²) in [4.78, 5) is 31.0. The van der Waals surface area contributed by atoms with Gasteiger partial charge in [0.1, 0.15) is 5.52 Å². The molecule has 0 spiro atoms. The highest BCUT2D eigenvalue weighted by Crippen LogP contribution is 2.35. The van der Waals surface area contributed by atoms with E-state index in [2.05, 4.69) is 4.98 Å². The second kappa shape index (κ2) is 10.5. The number of hydrogen-bond donors (Lipinski definition) is 1. The Labute approximate surface area is 225 Å². The largest absolute Gasteiger partial charge is 0.481 e. The minimum atomic E-state index is -2.54. The van der Waals surface area contributed by atoms with E-state index in [1.807, 2.05) is 42.5 Å². The normalized spacial score (nSPS) is 21.8. The Morgan fingerprint density at radius 1 is 1.03 bits per heavy atom. The molecule has 1 saturated heterocycles. The van der Waals surface area contributed by atoms with E-state index in [0.717, 1.165) is 29.2 Å². The average Bonchev–Trinajstić information content (AvgIpc) is 3.64. The molecule has 0 bridgehead atoms. The van der Waals surface area contributed by atoms with Gasteiger partial charge in [-0.1, -0.05) is 42.5 Å². The fourth-order valence-corrected chi connectivity index (χ4v) is 5.87. The van der Waals surface area contributed by atoms with Gasteiger partial charge in [0.15, 0.2) is 5.58 Å². The summed E-state index contributed by atoms with van der Waals surface area (Å²) in [5.74, 6) is -3.97. The van der Waals surface area contributed by atoms with Gasteiger partial charge in [0.05, 0.1) is 12.0 Å². The third kappa shape index (κ3) is 5.06. The van der Waals surface area contributed by atoms with Gasteiger partial charge < -0.3 is 14.3 Å². The summed E-state index contributed by atoms with van der Waals surface area (Å²) in [6.45, 7) is 0.893.